The zero-order valence-corrected chi connectivity index (χ0v) is 16.4. The van der Waals surface area contributed by atoms with E-state index >= 15 is 0 Å². The van der Waals surface area contributed by atoms with E-state index in [0.29, 0.717) is 11.6 Å². The van der Waals surface area contributed by atoms with Crippen molar-refractivity contribution in [1.29, 1.82) is 0 Å². The van der Waals surface area contributed by atoms with Gasteiger partial charge in [0.05, 0.1) is 18.7 Å². The summed E-state index contributed by atoms with van der Waals surface area (Å²) in [4.78, 5) is 19.9. The molecule has 4 rings (SSSR count). The Bertz CT molecular complexity index is 974. The fourth-order valence-corrected chi connectivity index (χ4v) is 3.57. The maximum atomic E-state index is 13.0. The van der Waals surface area contributed by atoms with E-state index < -0.39 is 0 Å². The zero-order valence-electron chi connectivity index (χ0n) is 16.4. The largest absolute Gasteiger partial charge is 0.378 e. The summed E-state index contributed by atoms with van der Waals surface area (Å²) >= 11 is 0. The minimum Gasteiger partial charge on any atom is -0.378 e. The van der Waals surface area contributed by atoms with Crippen LogP contribution in [0.5, 0.6) is 0 Å². The lowest BCUT2D eigenvalue weighted by atomic mass is 10.1. The average Bonchev–Trinajstić information content (AvgIpc) is 3.07. The van der Waals surface area contributed by atoms with E-state index in [2.05, 4.69) is 35.1 Å². The molecule has 2 aromatic heterocycles. The highest BCUT2D eigenvalue weighted by atomic mass is 16.5. The van der Waals surface area contributed by atoms with Crippen LogP contribution in [0.4, 0.5) is 11.4 Å². The predicted octanol–water partition coefficient (Wildman–Crippen LogP) is 3.62. The summed E-state index contributed by atoms with van der Waals surface area (Å²) in [5.74, 6) is 1.20. The number of carbonyl (C=O) groups excluding carboxylic acids is 1. The van der Waals surface area contributed by atoms with E-state index in [1.54, 1.807) is 0 Å². The normalized spacial score (nSPS) is 14.6. The maximum Gasteiger partial charge on any atom is 0.276 e. The van der Waals surface area contributed by atoms with Crippen molar-refractivity contribution in [3.05, 3.63) is 60.2 Å². The molecule has 0 atom stereocenters. The molecule has 146 valence electrons. The molecule has 0 bridgehead atoms. The maximum absolute atomic E-state index is 13.0. The van der Waals surface area contributed by atoms with Crippen LogP contribution < -0.4 is 10.2 Å². The Morgan fingerprint density at radius 1 is 1.18 bits per heavy atom. The van der Waals surface area contributed by atoms with Crippen LogP contribution in [-0.2, 0) is 11.2 Å². The Hall–Kier alpha value is -2.86. The molecular weight excluding hydrogens is 352 g/mol. The lowest BCUT2D eigenvalue weighted by Crippen LogP contribution is -2.36. The fraction of sp³-hybridized carbons (Fsp3) is 0.364. The van der Waals surface area contributed by atoms with Gasteiger partial charge in [-0.1, -0.05) is 26.0 Å². The minimum atomic E-state index is -0.183. The van der Waals surface area contributed by atoms with E-state index in [-0.39, 0.29) is 5.91 Å². The smallest absolute Gasteiger partial charge is 0.276 e. The molecule has 0 saturated carbocycles. The van der Waals surface area contributed by atoms with Gasteiger partial charge in [0.2, 0.25) is 0 Å². The summed E-state index contributed by atoms with van der Waals surface area (Å²) in [6.07, 6.45) is 2.79. The third kappa shape index (κ3) is 3.87. The first-order chi connectivity index (χ1) is 13.6. The Kier molecular flexibility index (Phi) is 5.30. The van der Waals surface area contributed by atoms with Crippen molar-refractivity contribution in [2.24, 2.45) is 5.92 Å². The first-order valence-electron chi connectivity index (χ1n) is 9.82. The number of amides is 1. The number of aromatic nitrogens is 2. The van der Waals surface area contributed by atoms with Gasteiger partial charge in [0.15, 0.2) is 5.69 Å². The van der Waals surface area contributed by atoms with Crippen molar-refractivity contribution in [2.75, 3.05) is 36.5 Å². The molecule has 0 unspecified atom stereocenters. The average molecular weight is 378 g/mol. The van der Waals surface area contributed by atoms with Gasteiger partial charge >= 0.3 is 0 Å². The van der Waals surface area contributed by atoms with Crippen LogP contribution >= 0.6 is 0 Å². The molecule has 1 aliphatic rings. The summed E-state index contributed by atoms with van der Waals surface area (Å²) in [5, 5.41) is 3.02. The molecule has 0 spiro atoms. The lowest BCUT2D eigenvalue weighted by Gasteiger charge is -2.29. The van der Waals surface area contributed by atoms with Crippen LogP contribution in [0.15, 0.2) is 48.7 Å². The molecule has 6 nitrogen and oxygen atoms in total. The molecule has 1 N–H and O–H groups in total. The number of benzene rings is 1. The number of morpholine rings is 1. The lowest BCUT2D eigenvalue weighted by molar-refractivity contribution is 0.102. The van der Waals surface area contributed by atoms with E-state index in [4.69, 9.17) is 4.74 Å². The van der Waals surface area contributed by atoms with Crippen LogP contribution in [0.2, 0.25) is 0 Å². The second kappa shape index (κ2) is 8.02. The van der Waals surface area contributed by atoms with Crippen LogP contribution in [0, 0.1) is 5.92 Å². The van der Waals surface area contributed by atoms with E-state index in [9.17, 15) is 4.79 Å². The summed E-state index contributed by atoms with van der Waals surface area (Å²) in [6.45, 7) is 7.50. The summed E-state index contributed by atoms with van der Waals surface area (Å²) < 4.78 is 7.44. The number of carbonyl (C=O) groups is 1. The number of anilines is 2. The number of nitrogens with one attached hydrogen (secondary N) is 1. The van der Waals surface area contributed by atoms with Gasteiger partial charge in [0, 0.05) is 37.1 Å². The van der Waals surface area contributed by atoms with Crippen molar-refractivity contribution < 1.29 is 9.53 Å². The van der Waals surface area contributed by atoms with Gasteiger partial charge in [0.1, 0.15) is 5.82 Å². The number of hydrogen-bond donors (Lipinski definition) is 1. The highest BCUT2D eigenvalue weighted by Gasteiger charge is 2.18. The van der Waals surface area contributed by atoms with Gasteiger partial charge in [-0.15, -0.1) is 0 Å². The van der Waals surface area contributed by atoms with Crippen LogP contribution in [0.1, 0.15) is 30.2 Å². The minimum absolute atomic E-state index is 0.183. The second-order valence-electron chi connectivity index (χ2n) is 7.53. The number of rotatable bonds is 5. The first kappa shape index (κ1) is 18.5. The summed E-state index contributed by atoms with van der Waals surface area (Å²) in [7, 11) is 0. The third-order valence-corrected chi connectivity index (χ3v) is 4.91. The zero-order chi connectivity index (χ0) is 19.5. The van der Waals surface area contributed by atoms with Gasteiger partial charge in [0.25, 0.3) is 5.91 Å². The molecule has 1 amide bonds. The monoisotopic (exact) mass is 378 g/mol. The van der Waals surface area contributed by atoms with Gasteiger partial charge in [-0.2, -0.15) is 0 Å². The molecular formula is C22H26N4O2. The molecule has 0 radical (unpaired) electrons. The molecule has 3 heterocycles. The summed E-state index contributed by atoms with van der Waals surface area (Å²) in [6, 6.07) is 13.8. The van der Waals surface area contributed by atoms with Gasteiger partial charge in [-0.3, -0.25) is 4.79 Å². The van der Waals surface area contributed by atoms with Crippen molar-refractivity contribution in [1.82, 2.24) is 9.38 Å². The predicted molar refractivity (Wildman–Crippen MR) is 111 cm³/mol. The number of hydrogen-bond acceptors (Lipinski definition) is 4. The Balaban J connectivity index is 1.59. The highest BCUT2D eigenvalue weighted by molar-refractivity contribution is 6.07. The van der Waals surface area contributed by atoms with Crippen LogP contribution in [0.25, 0.3) is 5.52 Å². The highest BCUT2D eigenvalue weighted by Crippen LogP contribution is 2.22. The molecule has 6 heteroatoms. The van der Waals surface area contributed by atoms with E-state index in [0.717, 1.165) is 55.4 Å². The van der Waals surface area contributed by atoms with Crippen molar-refractivity contribution in [2.45, 2.75) is 20.3 Å². The Labute approximate surface area is 165 Å². The molecule has 28 heavy (non-hydrogen) atoms. The van der Waals surface area contributed by atoms with Gasteiger partial charge in [-0.25, -0.2) is 4.98 Å². The topological polar surface area (TPSA) is 58.9 Å². The Morgan fingerprint density at radius 2 is 2.00 bits per heavy atom. The quantitative estimate of drug-likeness (QED) is 0.737. The number of nitrogens with zero attached hydrogens (tertiary/aromatic N) is 3. The van der Waals surface area contributed by atoms with Crippen LogP contribution in [0.3, 0.4) is 0 Å². The number of fused-ring (bicyclic) bond motifs is 1. The van der Waals surface area contributed by atoms with Crippen molar-refractivity contribution in [3.8, 4) is 0 Å². The summed E-state index contributed by atoms with van der Waals surface area (Å²) in [5.41, 5.74) is 3.17. The van der Waals surface area contributed by atoms with Crippen molar-refractivity contribution >= 4 is 22.8 Å². The molecule has 3 aromatic rings. The Morgan fingerprint density at radius 3 is 2.79 bits per heavy atom. The fourth-order valence-electron chi connectivity index (χ4n) is 3.57. The molecule has 1 aliphatic heterocycles. The van der Waals surface area contributed by atoms with E-state index in [1.165, 1.54) is 0 Å². The molecule has 0 aliphatic carbocycles. The second-order valence-corrected chi connectivity index (χ2v) is 7.53. The van der Waals surface area contributed by atoms with Gasteiger partial charge < -0.3 is 19.4 Å². The van der Waals surface area contributed by atoms with Crippen LogP contribution in [-0.4, -0.2) is 41.6 Å². The standard InChI is InChI=1S/C22H26N4O2/c1-16(2)14-20-24-21(19-8-3-4-9-26(19)20)22(27)23-17-6-5-7-18(15-17)25-10-12-28-13-11-25/h3-9,15-16H,10-14H2,1-2H3,(H,23,27). The first-order valence-corrected chi connectivity index (χ1v) is 9.82. The number of imidazole rings is 1. The van der Waals surface area contributed by atoms with E-state index in [1.807, 2.05) is 47.0 Å². The third-order valence-electron chi connectivity index (χ3n) is 4.91. The molecule has 1 fully saturated rings. The number of pyridine rings is 1. The SMILES string of the molecule is CC(C)Cc1nc(C(=O)Nc2cccc(N3CCOCC3)c2)c2ccccn12. The van der Waals surface area contributed by atoms with Gasteiger partial charge in [-0.05, 0) is 36.2 Å². The molecule has 1 saturated heterocycles. The number of ether oxygens (including phenoxy) is 1. The molecule has 1 aromatic carbocycles. The van der Waals surface area contributed by atoms with Crippen molar-refractivity contribution in [3.63, 3.8) is 0 Å².